The van der Waals surface area contributed by atoms with Crippen LogP contribution in [0.3, 0.4) is 0 Å². The largest absolute Gasteiger partial charge is 0.396 e. The van der Waals surface area contributed by atoms with Gasteiger partial charge in [0.05, 0.1) is 11.8 Å². The van der Waals surface area contributed by atoms with Gasteiger partial charge in [-0.05, 0) is 24.5 Å². The van der Waals surface area contributed by atoms with Crippen molar-refractivity contribution in [1.29, 1.82) is 0 Å². The van der Waals surface area contributed by atoms with E-state index >= 15 is 0 Å². The van der Waals surface area contributed by atoms with Gasteiger partial charge in [0.15, 0.2) is 0 Å². The Labute approximate surface area is 78.1 Å². The second-order valence-electron chi connectivity index (χ2n) is 3.19. The van der Waals surface area contributed by atoms with E-state index in [0.29, 0.717) is 12.1 Å². The summed E-state index contributed by atoms with van der Waals surface area (Å²) in [5.74, 6) is 0.0416. The summed E-state index contributed by atoms with van der Waals surface area (Å²) in [6.45, 7) is 2.00. The van der Waals surface area contributed by atoms with Crippen LogP contribution in [0, 0.1) is 5.92 Å². The molecule has 0 aliphatic carbocycles. The van der Waals surface area contributed by atoms with E-state index in [1.54, 1.807) is 12.3 Å². The number of hydrogen-bond donors (Lipinski definition) is 2. The van der Waals surface area contributed by atoms with E-state index in [-0.39, 0.29) is 12.5 Å². The first-order chi connectivity index (χ1) is 6.25. The van der Waals surface area contributed by atoms with Crippen LogP contribution in [-0.4, -0.2) is 21.8 Å². The van der Waals surface area contributed by atoms with Crippen LogP contribution in [0.2, 0.25) is 0 Å². The lowest BCUT2D eigenvalue weighted by molar-refractivity contribution is 0.0954. The molecule has 2 atom stereocenters. The molecule has 2 N–H and O–H groups in total. The van der Waals surface area contributed by atoms with Gasteiger partial charge in [-0.1, -0.05) is 13.0 Å². The maximum Gasteiger partial charge on any atom is 0.0985 e. The molecule has 0 aliphatic rings. The molecule has 72 valence electrons. The van der Waals surface area contributed by atoms with Gasteiger partial charge in [0, 0.05) is 12.8 Å². The average molecular weight is 181 g/mol. The summed E-state index contributed by atoms with van der Waals surface area (Å²) in [5.41, 5.74) is 0.670. The highest BCUT2D eigenvalue weighted by atomic mass is 16.3. The van der Waals surface area contributed by atoms with Gasteiger partial charge in [0.1, 0.15) is 0 Å². The molecule has 13 heavy (non-hydrogen) atoms. The van der Waals surface area contributed by atoms with Crippen LogP contribution in [0.25, 0.3) is 0 Å². The predicted molar refractivity (Wildman–Crippen MR) is 50.1 cm³/mol. The number of pyridine rings is 1. The zero-order valence-corrected chi connectivity index (χ0v) is 7.72. The van der Waals surface area contributed by atoms with Crippen molar-refractivity contribution in [2.24, 2.45) is 5.92 Å². The Morgan fingerprint density at radius 2 is 2.23 bits per heavy atom. The van der Waals surface area contributed by atoms with Crippen molar-refractivity contribution in [3.05, 3.63) is 30.1 Å². The second kappa shape index (κ2) is 4.94. The summed E-state index contributed by atoms with van der Waals surface area (Å²) in [6.07, 6.45) is 1.68. The van der Waals surface area contributed by atoms with Gasteiger partial charge in [-0.25, -0.2) is 0 Å². The van der Waals surface area contributed by atoms with E-state index in [4.69, 9.17) is 5.11 Å². The van der Waals surface area contributed by atoms with Crippen molar-refractivity contribution in [3.8, 4) is 0 Å². The van der Waals surface area contributed by atoms with E-state index < -0.39 is 6.10 Å². The van der Waals surface area contributed by atoms with Crippen LogP contribution >= 0.6 is 0 Å². The number of nitrogens with zero attached hydrogens (tertiary/aromatic N) is 1. The molecule has 0 amide bonds. The molecule has 0 saturated heterocycles. The van der Waals surface area contributed by atoms with Gasteiger partial charge >= 0.3 is 0 Å². The third-order valence-corrected chi connectivity index (χ3v) is 2.11. The normalized spacial score (nSPS) is 15.3. The molecule has 1 heterocycles. The Morgan fingerprint density at radius 1 is 1.46 bits per heavy atom. The first-order valence-electron chi connectivity index (χ1n) is 4.45. The molecule has 0 aliphatic heterocycles. The minimum absolute atomic E-state index is 0.0416. The number of hydrogen-bond acceptors (Lipinski definition) is 3. The fourth-order valence-electron chi connectivity index (χ4n) is 1.20. The molecule has 3 nitrogen and oxygen atoms in total. The van der Waals surface area contributed by atoms with Crippen LogP contribution in [0.1, 0.15) is 25.1 Å². The summed E-state index contributed by atoms with van der Waals surface area (Å²) in [4.78, 5) is 4.05. The molecular formula is C10H15NO2. The summed E-state index contributed by atoms with van der Waals surface area (Å²) in [5, 5.41) is 18.4. The molecule has 0 aromatic carbocycles. The molecule has 0 bridgehead atoms. The highest BCUT2D eigenvalue weighted by molar-refractivity contribution is 5.07. The summed E-state index contributed by atoms with van der Waals surface area (Å²) < 4.78 is 0. The average Bonchev–Trinajstić information content (AvgIpc) is 2.18. The standard InChI is InChI=1S/C10H15NO2/c1-8(5-7-12)10(13)9-4-2-3-6-11-9/h2-4,6,8,10,12-13H,5,7H2,1H3/t8-,10?/m0/s1. The SMILES string of the molecule is C[C@@H](CCO)C(O)c1ccccn1. The zero-order valence-electron chi connectivity index (χ0n) is 7.72. The van der Waals surface area contributed by atoms with Crippen molar-refractivity contribution in [2.45, 2.75) is 19.4 Å². The lowest BCUT2D eigenvalue weighted by atomic mass is 9.98. The van der Waals surface area contributed by atoms with Gasteiger partial charge in [0.25, 0.3) is 0 Å². The van der Waals surface area contributed by atoms with Crippen LogP contribution in [0.5, 0.6) is 0 Å². The molecule has 1 rings (SSSR count). The predicted octanol–water partition coefficient (Wildman–Crippen LogP) is 1.13. The van der Waals surface area contributed by atoms with Crippen molar-refractivity contribution >= 4 is 0 Å². The number of aromatic nitrogens is 1. The van der Waals surface area contributed by atoms with E-state index in [2.05, 4.69) is 4.98 Å². The fourth-order valence-corrected chi connectivity index (χ4v) is 1.20. The van der Waals surface area contributed by atoms with Gasteiger partial charge in [-0.15, -0.1) is 0 Å². The van der Waals surface area contributed by atoms with Crippen LogP contribution < -0.4 is 0 Å². The van der Waals surface area contributed by atoms with E-state index in [1.807, 2.05) is 19.1 Å². The maximum atomic E-state index is 9.75. The number of rotatable bonds is 4. The van der Waals surface area contributed by atoms with Gasteiger partial charge in [-0.3, -0.25) is 4.98 Å². The minimum atomic E-state index is -0.576. The third-order valence-electron chi connectivity index (χ3n) is 2.11. The van der Waals surface area contributed by atoms with E-state index in [0.717, 1.165) is 0 Å². The number of aliphatic hydroxyl groups excluding tert-OH is 2. The minimum Gasteiger partial charge on any atom is -0.396 e. The Kier molecular flexibility index (Phi) is 3.86. The Balaban J connectivity index is 2.62. The molecule has 3 heteroatoms. The van der Waals surface area contributed by atoms with Gasteiger partial charge in [0.2, 0.25) is 0 Å². The molecule has 0 radical (unpaired) electrons. The lowest BCUT2D eigenvalue weighted by Crippen LogP contribution is -2.11. The molecule has 0 saturated carbocycles. The molecule has 0 fully saturated rings. The van der Waals surface area contributed by atoms with Crippen LogP contribution in [0.15, 0.2) is 24.4 Å². The van der Waals surface area contributed by atoms with E-state index in [9.17, 15) is 5.11 Å². The fraction of sp³-hybridized carbons (Fsp3) is 0.500. The van der Waals surface area contributed by atoms with Crippen molar-refractivity contribution in [1.82, 2.24) is 4.98 Å². The smallest absolute Gasteiger partial charge is 0.0985 e. The Hall–Kier alpha value is -0.930. The van der Waals surface area contributed by atoms with Crippen LogP contribution in [-0.2, 0) is 0 Å². The second-order valence-corrected chi connectivity index (χ2v) is 3.19. The maximum absolute atomic E-state index is 9.75. The number of aliphatic hydroxyl groups is 2. The van der Waals surface area contributed by atoms with Crippen LogP contribution in [0.4, 0.5) is 0 Å². The van der Waals surface area contributed by atoms with Gasteiger partial charge in [-0.2, -0.15) is 0 Å². The summed E-state index contributed by atoms with van der Waals surface area (Å²) in [6, 6.07) is 5.45. The summed E-state index contributed by atoms with van der Waals surface area (Å²) >= 11 is 0. The highest BCUT2D eigenvalue weighted by Gasteiger charge is 2.16. The molecule has 1 aromatic heterocycles. The first kappa shape index (κ1) is 10.2. The lowest BCUT2D eigenvalue weighted by Gasteiger charge is -2.16. The molecule has 1 unspecified atom stereocenters. The van der Waals surface area contributed by atoms with Crippen molar-refractivity contribution < 1.29 is 10.2 Å². The van der Waals surface area contributed by atoms with E-state index in [1.165, 1.54) is 0 Å². The Morgan fingerprint density at radius 3 is 2.77 bits per heavy atom. The molecule has 1 aromatic rings. The summed E-state index contributed by atoms with van der Waals surface area (Å²) in [7, 11) is 0. The highest BCUT2D eigenvalue weighted by Crippen LogP contribution is 2.21. The van der Waals surface area contributed by atoms with Crippen molar-refractivity contribution in [2.75, 3.05) is 6.61 Å². The van der Waals surface area contributed by atoms with Crippen molar-refractivity contribution in [3.63, 3.8) is 0 Å². The van der Waals surface area contributed by atoms with Gasteiger partial charge < -0.3 is 10.2 Å². The quantitative estimate of drug-likeness (QED) is 0.732. The first-order valence-corrected chi connectivity index (χ1v) is 4.45. The molecule has 0 spiro atoms. The zero-order chi connectivity index (χ0) is 9.68. The third kappa shape index (κ3) is 2.79. The monoisotopic (exact) mass is 181 g/mol. The topological polar surface area (TPSA) is 53.4 Å². The Bertz CT molecular complexity index is 238. The molecular weight excluding hydrogens is 166 g/mol.